The Kier molecular flexibility index (Phi) is 8.78. The number of hydrogen-bond donors (Lipinski definition) is 3. The second-order valence-electron chi connectivity index (χ2n) is 6.64. The molecule has 172 valence electrons. The van der Waals surface area contributed by atoms with Crippen molar-refractivity contribution in [2.75, 3.05) is 39.8 Å². The van der Waals surface area contributed by atoms with E-state index in [9.17, 15) is 24.8 Å². The Hall–Kier alpha value is -3.86. The Balaban J connectivity index is 2.33. The van der Waals surface area contributed by atoms with Gasteiger partial charge in [0.1, 0.15) is 17.2 Å². The molecule has 1 amide bonds. The molecule has 0 aliphatic heterocycles. The average molecular weight is 447 g/mol. The molecule has 11 nitrogen and oxygen atoms in total. The zero-order valence-corrected chi connectivity index (χ0v) is 17.9. The Morgan fingerprint density at radius 3 is 2.47 bits per heavy atom. The number of ether oxygens (including phenoxy) is 3. The molecule has 0 saturated carbocycles. The lowest BCUT2D eigenvalue weighted by Gasteiger charge is -2.20. The van der Waals surface area contributed by atoms with Crippen molar-refractivity contribution in [2.45, 2.75) is 12.5 Å². The number of rotatable bonds is 12. The number of aliphatic carboxylic acids is 1. The standard InChI is InChI=1S/C21H25N3O8/c1-30-9-8-22-16-7-4-13(10-18(16)24(28)29)21(27)23-17(12-20(25)26)15-6-5-14(31-2)11-19(15)32-3/h4-7,10-11,17,22H,8-9,12H2,1-3H3,(H,23,27)(H,25,26)/t17-/m0/s1. The van der Waals surface area contributed by atoms with E-state index in [-0.39, 0.29) is 16.9 Å². The van der Waals surface area contributed by atoms with Crippen LogP contribution in [0.2, 0.25) is 0 Å². The minimum Gasteiger partial charge on any atom is -0.497 e. The minimum absolute atomic E-state index is 0.0110. The van der Waals surface area contributed by atoms with Crippen molar-refractivity contribution in [3.8, 4) is 11.5 Å². The van der Waals surface area contributed by atoms with Crippen molar-refractivity contribution in [1.82, 2.24) is 5.32 Å². The summed E-state index contributed by atoms with van der Waals surface area (Å²) in [4.78, 5) is 35.1. The van der Waals surface area contributed by atoms with Gasteiger partial charge in [-0.25, -0.2) is 0 Å². The number of nitrogens with zero attached hydrogens (tertiary/aromatic N) is 1. The van der Waals surface area contributed by atoms with Crippen LogP contribution in [0, 0.1) is 10.1 Å². The highest BCUT2D eigenvalue weighted by atomic mass is 16.6. The molecule has 2 rings (SSSR count). The minimum atomic E-state index is -1.14. The molecule has 0 aromatic heterocycles. The maximum absolute atomic E-state index is 12.8. The first-order valence-electron chi connectivity index (χ1n) is 9.56. The number of carboxylic acid groups (broad SMARTS) is 1. The van der Waals surface area contributed by atoms with Crippen LogP contribution in [0.15, 0.2) is 36.4 Å². The smallest absolute Gasteiger partial charge is 0.305 e. The average Bonchev–Trinajstić information content (AvgIpc) is 2.77. The molecule has 0 heterocycles. The van der Waals surface area contributed by atoms with E-state index in [1.54, 1.807) is 18.2 Å². The molecule has 0 spiro atoms. The lowest BCUT2D eigenvalue weighted by atomic mass is 10.0. The van der Waals surface area contributed by atoms with Crippen LogP contribution in [0.5, 0.6) is 11.5 Å². The Labute approximate surface area is 184 Å². The zero-order chi connectivity index (χ0) is 23.7. The number of nitrogens with one attached hydrogen (secondary N) is 2. The maximum atomic E-state index is 12.8. The highest BCUT2D eigenvalue weighted by Crippen LogP contribution is 2.32. The number of anilines is 1. The molecule has 1 atom stereocenters. The molecule has 0 aliphatic rings. The van der Waals surface area contributed by atoms with Gasteiger partial charge in [0, 0.05) is 36.9 Å². The number of nitro groups is 1. The topological polar surface area (TPSA) is 149 Å². The summed E-state index contributed by atoms with van der Waals surface area (Å²) in [7, 11) is 4.40. The fourth-order valence-corrected chi connectivity index (χ4v) is 3.02. The lowest BCUT2D eigenvalue weighted by Crippen LogP contribution is -2.30. The molecule has 32 heavy (non-hydrogen) atoms. The van der Waals surface area contributed by atoms with Crippen LogP contribution in [-0.2, 0) is 9.53 Å². The maximum Gasteiger partial charge on any atom is 0.305 e. The van der Waals surface area contributed by atoms with E-state index in [1.807, 2.05) is 0 Å². The van der Waals surface area contributed by atoms with E-state index in [2.05, 4.69) is 10.6 Å². The number of carboxylic acids is 1. The third kappa shape index (κ3) is 6.32. The Morgan fingerprint density at radius 1 is 1.12 bits per heavy atom. The van der Waals surface area contributed by atoms with Crippen LogP contribution >= 0.6 is 0 Å². The van der Waals surface area contributed by atoms with Gasteiger partial charge in [-0.15, -0.1) is 0 Å². The molecule has 0 radical (unpaired) electrons. The van der Waals surface area contributed by atoms with Gasteiger partial charge in [-0.1, -0.05) is 0 Å². The van der Waals surface area contributed by atoms with Crippen LogP contribution in [0.25, 0.3) is 0 Å². The highest BCUT2D eigenvalue weighted by Gasteiger charge is 2.24. The first-order chi connectivity index (χ1) is 15.3. The van der Waals surface area contributed by atoms with Gasteiger partial charge in [-0.2, -0.15) is 0 Å². The molecule has 11 heteroatoms. The van der Waals surface area contributed by atoms with Gasteiger partial charge in [0.2, 0.25) is 0 Å². The number of methoxy groups -OCH3 is 3. The van der Waals surface area contributed by atoms with E-state index in [0.717, 1.165) is 6.07 Å². The molecule has 3 N–H and O–H groups in total. The summed E-state index contributed by atoms with van der Waals surface area (Å²) in [6.07, 6.45) is -0.423. The van der Waals surface area contributed by atoms with Crippen molar-refractivity contribution in [2.24, 2.45) is 0 Å². The summed E-state index contributed by atoms with van der Waals surface area (Å²) in [6, 6.07) is 7.80. The van der Waals surface area contributed by atoms with Crippen LogP contribution in [0.4, 0.5) is 11.4 Å². The molecule has 2 aromatic carbocycles. The summed E-state index contributed by atoms with van der Waals surface area (Å²) < 4.78 is 15.4. The second kappa shape index (κ2) is 11.5. The van der Waals surface area contributed by atoms with E-state index < -0.39 is 29.3 Å². The van der Waals surface area contributed by atoms with E-state index >= 15 is 0 Å². The molecular weight excluding hydrogens is 422 g/mol. The van der Waals surface area contributed by atoms with Crippen LogP contribution in [0.3, 0.4) is 0 Å². The first kappa shape index (κ1) is 24.4. The van der Waals surface area contributed by atoms with Gasteiger partial charge in [-0.05, 0) is 24.3 Å². The first-order valence-corrected chi connectivity index (χ1v) is 9.56. The summed E-state index contributed by atoms with van der Waals surface area (Å²) >= 11 is 0. The van der Waals surface area contributed by atoms with Crippen molar-refractivity contribution >= 4 is 23.3 Å². The van der Waals surface area contributed by atoms with Gasteiger partial charge in [0.25, 0.3) is 11.6 Å². The predicted molar refractivity (Wildman–Crippen MR) is 115 cm³/mol. The van der Waals surface area contributed by atoms with Crippen molar-refractivity contribution < 1.29 is 33.8 Å². The van der Waals surface area contributed by atoms with Crippen molar-refractivity contribution in [3.63, 3.8) is 0 Å². The lowest BCUT2D eigenvalue weighted by molar-refractivity contribution is -0.384. The quantitative estimate of drug-likeness (QED) is 0.253. The number of hydrogen-bond acceptors (Lipinski definition) is 8. The molecule has 0 saturated heterocycles. The number of amides is 1. The molecule has 0 aliphatic carbocycles. The summed E-state index contributed by atoms with van der Waals surface area (Å²) in [5.41, 5.74) is 0.390. The SMILES string of the molecule is COCCNc1ccc(C(=O)N[C@@H](CC(=O)O)c2ccc(OC)cc2OC)cc1[N+](=O)[O-]. The Bertz CT molecular complexity index is 980. The molecule has 2 aromatic rings. The van der Waals surface area contributed by atoms with Crippen molar-refractivity contribution in [1.29, 1.82) is 0 Å². The number of carbonyl (C=O) groups excluding carboxylic acids is 1. The highest BCUT2D eigenvalue weighted by molar-refractivity contribution is 5.96. The molecular formula is C21H25N3O8. The van der Waals surface area contributed by atoms with E-state index in [4.69, 9.17) is 14.2 Å². The van der Waals surface area contributed by atoms with Crippen LogP contribution < -0.4 is 20.1 Å². The molecule has 0 bridgehead atoms. The molecule has 0 fully saturated rings. The summed E-state index contributed by atoms with van der Waals surface area (Å²) in [5, 5.41) is 26.3. The number of benzene rings is 2. The third-order valence-electron chi connectivity index (χ3n) is 4.58. The number of nitro benzene ring substituents is 1. The monoisotopic (exact) mass is 447 g/mol. The third-order valence-corrected chi connectivity index (χ3v) is 4.58. The number of carbonyl (C=O) groups is 2. The second-order valence-corrected chi connectivity index (χ2v) is 6.64. The van der Waals surface area contributed by atoms with Crippen molar-refractivity contribution in [3.05, 3.63) is 57.6 Å². The van der Waals surface area contributed by atoms with Crippen LogP contribution in [-0.4, -0.2) is 56.4 Å². The predicted octanol–water partition coefficient (Wildman–Crippen LogP) is 2.62. The van der Waals surface area contributed by atoms with Gasteiger partial charge >= 0.3 is 5.97 Å². The zero-order valence-electron chi connectivity index (χ0n) is 17.9. The van der Waals surface area contributed by atoms with Gasteiger partial charge < -0.3 is 30.0 Å². The summed E-state index contributed by atoms with van der Waals surface area (Å²) in [6.45, 7) is 0.695. The Morgan fingerprint density at radius 2 is 1.88 bits per heavy atom. The molecule has 0 unspecified atom stereocenters. The van der Waals surface area contributed by atoms with Gasteiger partial charge in [0.15, 0.2) is 0 Å². The fraction of sp³-hybridized carbons (Fsp3) is 0.333. The van der Waals surface area contributed by atoms with E-state index in [0.29, 0.717) is 30.2 Å². The van der Waals surface area contributed by atoms with Gasteiger partial charge in [-0.3, -0.25) is 19.7 Å². The summed E-state index contributed by atoms with van der Waals surface area (Å²) in [5.74, 6) is -0.977. The van der Waals surface area contributed by atoms with Crippen LogP contribution in [0.1, 0.15) is 28.4 Å². The van der Waals surface area contributed by atoms with E-state index in [1.165, 1.54) is 33.5 Å². The van der Waals surface area contributed by atoms with Gasteiger partial charge in [0.05, 0.1) is 38.2 Å². The largest absolute Gasteiger partial charge is 0.497 e. The normalized spacial score (nSPS) is 11.3. The fourth-order valence-electron chi connectivity index (χ4n) is 3.02.